The molecule has 0 aliphatic heterocycles. The van der Waals surface area contributed by atoms with E-state index in [1.165, 1.54) is 6.08 Å². The average molecular weight is 241 g/mol. The summed E-state index contributed by atoms with van der Waals surface area (Å²) in [6.07, 6.45) is 4.89. The Morgan fingerprint density at radius 2 is 2.06 bits per heavy atom. The van der Waals surface area contributed by atoms with Crippen LogP contribution in [0.4, 0.5) is 5.69 Å². The van der Waals surface area contributed by atoms with Crippen molar-refractivity contribution in [3.05, 3.63) is 48.4 Å². The molecule has 1 heterocycles. The normalized spacial score (nSPS) is 11.0. The first-order valence-electron chi connectivity index (χ1n) is 5.60. The predicted molar refractivity (Wildman–Crippen MR) is 73.3 cm³/mol. The lowest BCUT2D eigenvalue weighted by atomic mass is 10.1. The predicted octanol–water partition coefficient (Wildman–Crippen LogP) is 2.08. The quantitative estimate of drug-likeness (QED) is 0.507. The summed E-state index contributed by atoms with van der Waals surface area (Å²) in [5.41, 5.74) is 6.82. The Morgan fingerprint density at radius 3 is 2.78 bits per heavy atom. The van der Waals surface area contributed by atoms with E-state index in [-0.39, 0.29) is 5.78 Å². The number of carbonyl (C=O) groups excluding carboxylic acids is 1. The smallest absolute Gasteiger partial charge is 0.205 e. The molecule has 18 heavy (non-hydrogen) atoms. The number of hydrogen-bond donors (Lipinski definition) is 1. The fraction of sp³-hybridized carbons (Fsp3) is 0.143. The van der Waals surface area contributed by atoms with Gasteiger partial charge in [-0.3, -0.25) is 9.78 Å². The molecule has 2 rings (SSSR count). The summed E-state index contributed by atoms with van der Waals surface area (Å²) in [5.74, 6) is -0.118. The topological polar surface area (TPSA) is 59.2 Å². The van der Waals surface area contributed by atoms with E-state index in [1.54, 1.807) is 23.4 Å². The van der Waals surface area contributed by atoms with E-state index in [1.807, 2.05) is 32.3 Å². The molecule has 4 heteroatoms. The zero-order valence-corrected chi connectivity index (χ0v) is 10.4. The highest BCUT2D eigenvalue weighted by atomic mass is 16.1. The van der Waals surface area contributed by atoms with Gasteiger partial charge in [0.1, 0.15) is 5.69 Å². The molecule has 2 N–H and O–H groups in total. The summed E-state index contributed by atoms with van der Waals surface area (Å²) < 4.78 is 0. The molecule has 2 aromatic rings. The van der Waals surface area contributed by atoms with Crippen LogP contribution in [0, 0.1) is 0 Å². The second-order valence-electron chi connectivity index (χ2n) is 4.32. The number of nitrogens with two attached hydrogens (primary N) is 1. The molecule has 0 atom stereocenters. The molecule has 92 valence electrons. The number of carbonyl (C=O) groups is 1. The van der Waals surface area contributed by atoms with Crippen molar-refractivity contribution in [3.8, 4) is 0 Å². The first-order valence-corrected chi connectivity index (χ1v) is 5.60. The summed E-state index contributed by atoms with van der Waals surface area (Å²) in [6.45, 7) is 0. The number of nitrogen functional groups attached to an aromatic ring is 1. The van der Waals surface area contributed by atoms with Gasteiger partial charge in [-0.25, -0.2) is 0 Å². The summed E-state index contributed by atoms with van der Waals surface area (Å²) in [5, 5.41) is 1.89. The largest absolute Gasteiger partial charge is 0.399 e. The highest BCUT2D eigenvalue weighted by molar-refractivity contribution is 6.05. The van der Waals surface area contributed by atoms with E-state index in [2.05, 4.69) is 4.98 Å². The third kappa shape index (κ3) is 2.66. The van der Waals surface area contributed by atoms with Crippen LogP contribution < -0.4 is 5.73 Å². The monoisotopic (exact) mass is 241 g/mol. The highest BCUT2D eigenvalue weighted by Gasteiger charge is 2.05. The molecule has 1 aromatic heterocycles. The molecule has 0 aliphatic carbocycles. The number of benzene rings is 1. The van der Waals surface area contributed by atoms with Gasteiger partial charge in [0.2, 0.25) is 5.78 Å². The number of rotatable bonds is 3. The maximum absolute atomic E-state index is 11.9. The zero-order valence-electron chi connectivity index (χ0n) is 10.4. The van der Waals surface area contributed by atoms with Crippen molar-refractivity contribution in [2.24, 2.45) is 0 Å². The van der Waals surface area contributed by atoms with Gasteiger partial charge in [-0.05, 0) is 23.6 Å². The fourth-order valence-electron chi connectivity index (χ4n) is 1.60. The number of aromatic nitrogens is 1. The minimum absolute atomic E-state index is 0.118. The van der Waals surface area contributed by atoms with Crippen molar-refractivity contribution in [3.63, 3.8) is 0 Å². The minimum atomic E-state index is -0.118. The summed E-state index contributed by atoms with van der Waals surface area (Å²) in [7, 11) is 3.72. The van der Waals surface area contributed by atoms with Crippen molar-refractivity contribution < 1.29 is 4.79 Å². The lowest BCUT2D eigenvalue weighted by molar-refractivity contribution is 0.104. The SMILES string of the molecule is CN(C)C=CC(=O)c1cc2cc(N)ccc2cn1. The fourth-order valence-corrected chi connectivity index (χ4v) is 1.60. The molecule has 0 aliphatic rings. The molecule has 0 saturated carbocycles. The minimum Gasteiger partial charge on any atom is -0.399 e. The number of fused-ring (bicyclic) bond motifs is 1. The van der Waals surface area contributed by atoms with Crippen LogP contribution in [0.15, 0.2) is 42.7 Å². The van der Waals surface area contributed by atoms with Gasteiger partial charge in [-0.15, -0.1) is 0 Å². The van der Waals surface area contributed by atoms with Gasteiger partial charge in [0.25, 0.3) is 0 Å². The molecular weight excluding hydrogens is 226 g/mol. The number of hydrogen-bond acceptors (Lipinski definition) is 4. The summed E-state index contributed by atoms with van der Waals surface area (Å²) >= 11 is 0. The van der Waals surface area contributed by atoms with Crippen LogP contribution in [-0.4, -0.2) is 29.8 Å². The Labute approximate surface area is 106 Å². The molecule has 0 unspecified atom stereocenters. The van der Waals surface area contributed by atoms with Crippen molar-refractivity contribution in [2.45, 2.75) is 0 Å². The molecule has 0 saturated heterocycles. The number of pyridine rings is 1. The van der Waals surface area contributed by atoms with Gasteiger partial charge in [0, 0.05) is 43.6 Å². The van der Waals surface area contributed by atoms with Crippen LogP contribution in [-0.2, 0) is 0 Å². The van der Waals surface area contributed by atoms with E-state index < -0.39 is 0 Å². The number of nitrogens with zero attached hydrogens (tertiary/aromatic N) is 2. The van der Waals surface area contributed by atoms with Crippen LogP contribution in [0.1, 0.15) is 10.5 Å². The standard InChI is InChI=1S/C14H15N3O/c1-17(2)6-5-14(18)13-8-11-7-12(15)4-3-10(11)9-16-13/h3-9H,15H2,1-2H3. The second kappa shape index (κ2) is 4.87. The van der Waals surface area contributed by atoms with E-state index in [4.69, 9.17) is 5.73 Å². The van der Waals surface area contributed by atoms with Crippen LogP contribution in [0.2, 0.25) is 0 Å². The van der Waals surface area contributed by atoms with Gasteiger partial charge in [-0.1, -0.05) is 6.07 Å². The molecule has 0 amide bonds. The van der Waals surface area contributed by atoms with Crippen LogP contribution in [0.25, 0.3) is 10.8 Å². The third-order valence-electron chi connectivity index (χ3n) is 2.52. The van der Waals surface area contributed by atoms with Gasteiger partial charge >= 0.3 is 0 Å². The van der Waals surface area contributed by atoms with Gasteiger partial charge < -0.3 is 10.6 Å². The molecule has 0 radical (unpaired) electrons. The number of anilines is 1. The van der Waals surface area contributed by atoms with Crippen molar-refractivity contribution >= 4 is 22.2 Å². The second-order valence-corrected chi connectivity index (χ2v) is 4.32. The Kier molecular flexibility index (Phi) is 3.28. The lowest BCUT2D eigenvalue weighted by Crippen LogP contribution is -2.04. The first kappa shape index (κ1) is 12.1. The van der Waals surface area contributed by atoms with Crippen LogP contribution in [0.5, 0.6) is 0 Å². The van der Waals surface area contributed by atoms with Gasteiger partial charge in [-0.2, -0.15) is 0 Å². The Bertz CT molecular complexity index is 617. The van der Waals surface area contributed by atoms with E-state index in [0.29, 0.717) is 11.4 Å². The highest BCUT2D eigenvalue weighted by Crippen LogP contribution is 2.17. The van der Waals surface area contributed by atoms with E-state index in [9.17, 15) is 4.79 Å². The molecular formula is C14H15N3O. The van der Waals surface area contributed by atoms with Gasteiger partial charge in [0.15, 0.2) is 0 Å². The molecule has 4 nitrogen and oxygen atoms in total. The number of allylic oxidation sites excluding steroid dienone is 1. The van der Waals surface area contributed by atoms with Crippen molar-refractivity contribution in [1.82, 2.24) is 9.88 Å². The number of ketones is 1. The van der Waals surface area contributed by atoms with Crippen LogP contribution >= 0.6 is 0 Å². The first-order chi connectivity index (χ1) is 8.56. The summed E-state index contributed by atoms with van der Waals surface area (Å²) in [4.78, 5) is 17.8. The third-order valence-corrected chi connectivity index (χ3v) is 2.52. The molecule has 1 aromatic carbocycles. The van der Waals surface area contributed by atoms with E-state index >= 15 is 0 Å². The Morgan fingerprint density at radius 1 is 1.28 bits per heavy atom. The van der Waals surface area contributed by atoms with Crippen molar-refractivity contribution in [2.75, 3.05) is 19.8 Å². The zero-order chi connectivity index (χ0) is 13.1. The maximum Gasteiger partial charge on any atom is 0.205 e. The lowest BCUT2D eigenvalue weighted by Gasteiger charge is -2.03. The molecule has 0 bridgehead atoms. The maximum atomic E-state index is 11.9. The average Bonchev–Trinajstić information content (AvgIpc) is 2.34. The Hall–Kier alpha value is -2.36. The summed E-state index contributed by atoms with van der Waals surface area (Å²) in [6, 6.07) is 7.30. The molecule has 0 fully saturated rings. The Balaban J connectivity index is 2.37. The van der Waals surface area contributed by atoms with Gasteiger partial charge in [0.05, 0.1) is 0 Å². The van der Waals surface area contributed by atoms with E-state index in [0.717, 1.165) is 10.8 Å². The van der Waals surface area contributed by atoms with Crippen molar-refractivity contribution in [1.29, 1.82) is 0 Å². The molecule has 0 spiro atoms. The van der Waals surface area contributed by atoms with Crippen LogP contribution in [0.3, 0.4) is 0 Å².